The number of carboxylic acid groups (broad SMARTS) is 1. The second kappa shape index (κ2) is 7.61. The molecule has 1 aliphatic heterocycles. The van der Waals surface area contributed by atoms with Gasteiger partial charge in [0, 0.05) is 17.9 Å². The molecule has 1 saturated heterocycles. The Morgan fingerprint density at radius 3 is 2.48 bits per heavy atom. The van der Waals surface area contributed by atoms with Gasteiger partial charge in [0.25, 0.3) is 0 Å². The summed E-state index contributed by atoms with van der Waals surface area (Å²) in [5.41, 5.74) is 3.87. The maximum absolute atomic E-state index is 12.8. The summed E-state index contributed by atoms with van der Waals surface area (Å²) in [5, 5.41) is 11.7. The van der Waals surface area contributed by atoms with Gasteiger partial charge >= 0.3 is 5.97 Å². The first kappa shape index (κ1) is 18.6. The van der Waals surface area contributed by atoms with E-state index in [0.29, 0.717) is 24.2 Å². The summed E-state index contributed by atoms with van der Waals surface area (Å²) in [7, 11) is 0. The number of hydrogen-bond acceptors (Lipinski definition) is 3. The van der Waals surface area contributed by atoms with Crippen LogP contribution in [0.3, 0.4) is 0 Å². The summed E-state index contributed by atoms with van der Waals surface area (Å²) >= 11 is 0. The summed E-state index contributed by atoms with van der Waals surface area (Å²) in [4.78, 5) is 38.1. The van der Waals surface area contributed by atoms with E-state index in [2.05, 4.69) is 5.32 Å². The monoisotopic (exact) mass is 366 g/mol. The van der Waals surface area contributed by atoms with Crippen molar-refractivity contribution in [3.8, 4) is 0 Å². The number of carbonyl (C=O) groups is 3. The molecule has 2 amide bonds. The highest BCUT2D eigenvalue weighted by Crippen LogP contribution is 2.28. The molecule has 2 aromatic carbocycles. The van der Waals surface area contributed by atoms with E-state index < -0.39 is 17.8 Å². The van der Waals surface area contributed by atoms with Gasteiger partial charge in [-0.1, -0.05) is 24.3 Å². The Balaban J connectivity index is 1.75. The van der Waals surface area contributed by atoms with Crippen LogP contribution in [0.25, 0.3) is 0 Å². The zero-order chi connectivity index (χ0) is 19.6. The minimum Gasteiger partial charge on any atom is -0.481 e. The van der Waals surface area contributed by atoms with Crippen LogP contribution in [0.15, 0.2) is 42.5 Å². The normalized spacial score (nSPS) is 16.4. The van der Waals surface area contributed by atoms with Gasteiger partial charge in [0.2, 0.25) is 11.8 Å². The van der Waals surface area contributed by atoms with Crippen molar-refractivity contribution < 1.29 is 19.5 Å². The highest BCUT2D eigenvalue weighted by Gasteiger charge is 2.37. The molecule has 0 spiro atoms. The fourth-order valence-electron chi connectivity index (χ4n) is 3.47. The van der Waals surface area contributed by atoms with Gasteiger partial charge < -0.3 is 15.3 Å². The number of para-hydroxylation sites is 1. The first-order valence-electron chi connectivity index (χ1n) is 8.85. The molecular formula is C21H22N2O4. The molecule has 1 aliphatic rings. The second-order valence-corrected chi connectivity index (χ2v) is 6.89. The Labute approximate surface area is 157 Å². The zero-order valence-electron chi connectivity index (χ0n) is 15.4. The van der Waals surface area contributed by atoms with Crippen LogP contribution in [0, 0.1) is 19.8 Å². The molecule has 1 fully saturated rings. The SMILES string of the molecule is Cc1cc(C)cc(N2CCC(C(=O)Nc3ccccc3CC(=O)O)C2=O)c1. The summed E-state index contributed by atoms with van der Waals surface area (Å²) in [6.07, 6.45) is 0.239. The van der Waals surface area contributed by atoms with Crippen molar-refractivity contribution in [1.29, 1.82) is 0 Å². The average Bonchev–Trinajstić information content (AvgIpc) is 2.97. The first-order valence-corrected chi connectivity index (χ1v) is 8.85. The molecule has 0 radical (unpaired) electrons. The number of aliphatic carboxylic acids is 1. The predicted octanol–water partition coefficient (Wildman–Crippen LogP) is 2.92. The number of carboxylic acids is 1. The van der Waals surface area contributed by atoms with Gasteiger partial charge in [-0.15, -0.1) is 0 Å². The third-order valence-electron chi connectivity index (χ3n) is 4.66. The molecule has 2 N–H and O–H groups in total. The fraction of sp³-hybridized carbons (Fsp3) is 0.286. The van der Waals surface area contributed by atoms with Crippen molar-refractivity contribution in [3.63, 3.8) is 0 Å². The zero-order valence-corrected chi connectivity index (χ0v) is 15.4. The molecule has 3 rings (SSSR count). The van der Waals surface area contributed by atoms with Crippen LogP contribution in [0.2, 0.25) is 0 Å². The number of anilines is 2. The van der Waals surface area contributed by atoms with Crippen molar-refractivity contribution in [3.05, 3.63) is 59.2 Å². The molecule has 140 valence electrons. The lowest BCUT2D eigenvalue weighted by atomic mass is 10.1. The van der Waals surface area contributed by atoms with Crippen molar-refractivity contribution >= 4 is 29.2 Å². The number of rotatable bonds is 5. The highest BCUT2D eigenvalue weighted by molar-refractivity contribution is 6.13. The Bertz CT molecular complexity index is 887. The quantitative estimate of drug-likeness (QED) is 0.797. The van der Waals surface area contributed by atoms with Crippen molar-refractivity contribution in [1.82, 2.24) is 0 Å². The molecular weight excluding hydrogens is 344 g/mol. The number of hydrogen-bond donors (Lipinski definition) is 2. The third kappa shape index (κ3) is 4.16. The molecule has 0 aromatic heterocycles. The van der Waals surface area contributed by atoms with Gasteiger partial charge in [0.05, 0.1) is 6.42 Å². The van der Waals surface area contributed by atoms with E-state index in [0.717, 1.165) is 16.8 Å². The van der Waals surface area contributed by atoms with E-state index in [1.165, 1.54) is 0 Å². The Kier molecular flexibility index (Phi) is 5.26. The van der Waals surface area contributed by atoms with Gasteiger partial charge in [-0.05, 0) is 55.2 Å². The maximum Gasteiger partial charge on any atom is 0.307 e. The lowest BCUT2D eigenvalue weighted by Crippen LogP contribution is -2.33. The summed E-state index contributed by atoms with van der Waals surface area (Å²) in [6.45, 7) is 4.43. The van der Waals surface area contributed by atoms with E-state index in [1.54, 1.807) is 29.2 Å². The van der Waals surface area contributed by atoms with Gasteiger partial charge in [0.1, 0.15) is 5.92 Å². The molecule has 0 aliphatic carbocycles. The van der Waals surface area contributed by atoms with Crippen molar-refractivity contribution in [2.45, 2.75) is 26.7 Å². The number of nitrogens with one attached hydrogen (secondary N) is 1. The molecule has 6 nitrogen and oxygen atoms in total. The van der Waals surface area contributed by atoms with Gasteiger partial charge in [-0.2, -0.15) is 0 Å². The van der Waals surface area contributed by atoms with Crippen LogP contribution in [0.5, 0.6) is 0 Å². The molecule has 6 heteroatoms. The molecule has 1 unspecified atom stereocenters. The summed E-state index contributed by atoms with van der Waals surface area (Å²) < 4.78 is 0. The fourth-order valence-corrected chi connectivity index (χ4v) is 3.47. The molecule has 0 saturated carbocycles. The Morgan fingerprint density at radius 2 is 1.81 bits per heavy atom. The largest absolute Gasteiger partial charge is 0.481 e. The van der Waals surface area contributed by atoms with E-state index in [9.17, 15) is 14.4 Å². The molecule has 2 aromatic rings. The predicted molar refractivity (Wildman–Crippen MR) is 103 cm³/mol. The van der Waals surface area contributed by atoms with Crippen LogP contribution in [0.1, 0.15) is 23.1 Å². The van der Waals surface area contributed by atoms with E-state index in [1.807, 2.05) is 32.0 Å². The molecule has 1 atom stereocenters. The minimum atomic E-state index is -0.977. The highest BCUT2D eigenvalue weighted by atomic mass is 16.4. The number of carbonyl (C=O) groups excluding carboxylic acids is 2. The van der Waals surface area contributed by atoms with Crippen molar-refractivity contribution in [2.75, 3.05) is 16.8 Å². The maximum atomic E-state index is 12.8. The van der Waals surface area contributed by atoms with Crippen molar-refractivity contribution in [2.24, 2.45) is 5.92 Å². The number of amides is 2. The van der Waals surface area contributed by atoms with E-state index in [-0.39, 0.29) is 12.3 Å². The van der Waals surface area contributed by atoms with E-state index in [4.69, 9.17) is 5.11 Å². The lowest BCUT2D eigenvalue weighted by molar-refractivity contribution is -0.136. The molecule has 0 bridgehead atoms. The third-order valence-corrected chi connectivity index (χ3v) is 4.66. The van der Waals surface area contributed by atoms with Crippen LogP contribution < -0.4 is 10.2 Å². The number of nitrogens with zero attached hydrogens (tertiary/aromatic N) is 1. The number of benzene rings is 2. The van der Waals surface area contributed by atoms with Gasteiger partial charge in [-0.25, -0.2) is 0 Å². The molecule has 27 heavy (non-hydrogen) atoms. The smallest absolute Gasteiger partial charge is 0.307 e. The van der Waals surface area contributed by atoms with Crippen LogP contribution >= 0.6 is 0 Å². The Morgan fingerprint density at radius 1 is 1.15 bits per heavy atom. The van der Waals surface area contributed by atoms with Crippen LogP contribution in [-0.4, -0.2) is 29.4 Å². The molecule has 1 heterocycles. The van der Waals surface area contributed by atoms with Gasteiger partial charge in [-0.3, -0.25) is 14.4 Å². The topological polar surface area (TPSA) is 86.7 Å². The standard InChI is InChI=1S/C21H22N2O4/c1-13-9-14(2)11-16(10-13)23-8-7-17(21(23)27)20(26)22-18-6-4-3-5-15(18)12-19(24)25/h3-6,9-11,17H,7-8,12H2,1-2H3,(H,22,26)(H,24,25). The summed E-state index contributed by atoms with van der Waals surface area (Å²) in [6, 6.07) is 12.7. The first-order chi connectivity index (χ1) is 12.8. The Hall–Kier alpha value is -3.15. The lowest BCUT2D eigenvalue weighted by Gasteiger charge is -2.18. The second-order valence-electron chi connectivity index (χ2n) is 6.89. The number of aryl methyl sites for hydroxylation is 2. The van der Waals surface area contributed by atoms with Crippen LogP contribution in [-0.2, 0) is 20.8 Å². The van der Waals surface area contributed by atoms with Crippen LogP contribution in [0.4, 0.5) is 11.4 Å². The minimum absolute atomic E-state index is 0.191. The average molecular weight is 366 g/mol. The summed E-state index contributed by atoms with van der Waals surface area (Å²) in [5.74, 6) is -2.38. The van der Waals surface area contributed by atoms with Gasteiger partial charge in [0.15, 0.2) is 0 Å². The van der Waals surface area contributed by atoms with E-state index >= 15 is 0 Å².